The fourth-order valence-electron chi connectivity index (χ4n) is 1.80. The van der Waals surface area contributed by atoms with Gasteiger partial charge in [0, 0.05) is 23.5 Å². The Balaban J connectivity index is 2.41. The van der Waals surface area contributed by atoms with Crippen LogP contribution < -0.4 is 20.5 Å². The summed E-state index contributed by atoms with van der Waals surface area (Å²) in [4.78, 5) is 0. The van der Waals surface area contributed by atoms with Crippen molar-refractivity contribution in [2.75, 3.05) is 25.3 Å². The maximum atomic E-state index is 13.3. The average Bonchev–Trinajstić information content (AvgIpc) is 2.39. The zero-order valence-electron chi connectivity index (χ0n) is 11.0. The molecule has 0 heterocycles. The lowest BCUT2D eigenvalue weighted by Gasteiger charge is -2.14. The van der Waals surface area contributed by atoms with E-state index in [4.69, 9.17) is 26.8 Å². The lowest BCUT2D eigenvalue weighted by atomic mass is 10.2. The zero-order valence-corrected chi connectivity index (χ0v) is 11.8. The van der Waals surface area contributed by atoms with Crippen LogP contribution in [-0.4, -0.2) is 14.2 Å². The van der Waals surface area contributed by atoms with Crippen LogP contribution in [0.15, 0.2) is 30.3 Å². The van der Waals surface area contributed by atoms with E-state index in [1.165, 1.54) is 26.4 Å². The first-order chi connectivity index (χ1) is 9.53. The summed E-state index contributed by atoms with van der Waals surface area (Å²) in [5.41, 5.74) is 7.03. The number of ether oxygens (including phenoxy) is 2. The van der Waals surface area contributed by atoms with Gasteiger partial charge in [-0.1, -0.05) is 11.6 Å². The Hall–Kier alpha value is -2.14. The van der Waals surface area contributed by atoms with Gasteiger partial charge in [-0.15, -0.1) is 0 Å². The summed E-state index contributed by atoms with van der Waals surface area (Å²) < 4.78 is 23.7. The minimum Gasteiger partial charge on any atom is -0.495 e. The molecule has 0 aliphatic carbocycles. The fourth-order valence-corrected chi connectivity index (χ4v) is 2.03. The van der Waals surface area contributed by atoms with E-state index >= 15 is 0 Å². The summed E-state index contributed by atoms with van der Waals surface area (Å²) >= 11 is 6.02. The second-order valence-electron chi connectivity index (χ2n) is 4.09. The molecule has 106 valence electrons. The lowest BCUT2D eigenvalue weighted by Crippen LogP contribution is -1.98. The number of benzene rings is 2. The van der Waals surface area contributed by atoms with E-state index < -0.39 is 5.82 Å². The Bertz CT molecular complexity index is 615. The van der Waals surface area contributed by atoms with Gasteiger partial charge in [-0.3, -0.25) is 0 Å². The third kappa shape index (κ3) is 3.05. The van der Waals surface area contributed by atoms with E-state index in [9.17, 15) is 4.39 Å². The molecule has 0 saturated carbocycles. The van der Waals surface area contributed by atoms with E-state index in [1.54, 1.807) is 18.2 Å². The number of nitrogens with one attached hydrogen (secondary N) is 1. The molecule has 0 atom stereocenters. The molecule has 0 bridgehead atoms. The summed E-state index contributed by atoms with van der Waals surface area (Å²) in [7, 11) is 3.03. The van der Waals surface area contributed by atoms with E-state index in [0.717, 1.165) is 0 Å². The van der Waals surface area contributed by atoms with Gasteiger partial charge in [0.15, 0.2) is 0 Å². The van der Waals surface area contributed by atoms with Gasteiger partial charge in [0.25, 0.3) is 0 Å². The van der Waals surface area contributed by atoms with Crippen LogP contribution in [-0.2, 0) is 0 Å². The van der Waals surface area contributed by atoms with E-state index in [1.807, 2.05) is 0 Å². The number of rotatable bonds is 4. The van der Waals surface area contributed by atoms with Gasteiger partial charge in [-0.25, -0.2) is 4.39 Å². The van der Waals surface area contributed by atoms with Crippen LogP contribution in [0.5, 0.6) is 11.5 Å². The molecule has 2 rings (SSSR count). The van der Waals surface area contributed by atoms with Crippen molar-refractivity contribution in [3.63, 3.8) is 0 Å². The monoisotopic (exact) mass is 296 g/mol. The van der Waals surface area contributed by atoms with Crippen LogP contribution in [0.25, 0.3) is 0 Å². The molecule has 2 aromatic rings. The van der Waals surface area contributed by atoms with Gasteiger partial charge in [0.05, 0.1) is 24.9 Å². The van der Waals surface area contributed by atoms with E-state index in [2.05, 4.69) is 5.32 Å². The number of hydrogen-bond acceptors (Lipinski definition) is 4. The minimum absolute atomic E-state index is 0.326. The highest BCUT2D eigenvalue weighted by Crippen LogP contribution is 2.37. The Morgan fingerprint density at radius 3 is 2.35 bits per heavy atom. The largest absolute Gasteiger partial charge is 0.495 e. The van der Waals surface area contributed by atoms with E-state index in [0.29, 0.717) is 33.6 Å². The molecule has 0 unspecified atom stereocenters. The van der Waals surface area contributed by atoms with Crippen molar-refractivity contribution < 1.29 is 13.9 Å². The average molecular weight is 297 g/mol. The number of nitrogen functional groups attached to an aromatic ring is 1. The Kier molecular flexibility index (Phi) is 4.20. The predicted molar refractivity (Wildman–Crippen MR) is 78.7 cm³/mol. The molecule has 0 saturated heterocycles. The van der Waals surface area contributed by atoms with Crippen LogP contribution in [0.4, 0.5) is 21.5 Å². The summed E-state index contributed by atoms with van der Waals surface area (Å²) in [6.07, 6.45) is 0. The highest BCUT2D eigenvalue weighted by atomic mass is 35.5. The Morgan fingerprint density at radius 1 is 1.05 bits per heavy atom. The molecule has 0 radical (unpaired) electrons. The van der Waals surface area contributed by atoms with Crippen molar-refractivity contribution in [2.45, 2.75) is 0 Å². The molecule has 0 amide bonds. The quantitative estimate of drug-likeness (QED) is 0.842. The van der Waals surface area contributed by atoms with Crippen molar-refractivity contribution in [1.82, 2.24) is 0 Å². The summed E-state index contributed by atoms with van der Waals surface area (Å²) in [5.74, 6) is 0.574. The molecule has 0 aromatic heterocycles. The number of methoxy groups -OCH3 is 2. The second-order valence-corrected chi connectivity index (χ2v) is 4.49. The minimum atomic E-state index is -0.424. The van der Waals surface area contributed by atoms with Gasteiger partial charge < -0.3 is 20.5 Å². The third-order valence-corrected chi connectivity index (χ3v) is 2.97. The molecular formula is C14H14ClFN2O2. The topological polar surface area (TPSA) is 56.5 Å². The van der Waals surface area contributed by atoms with Crippen molar-refractivity contribution in [3.8, 4) is 11.5 Å². The summed E-state index contributed by atoms with van der Waals surface area (Å²) in [5, 5.41) is 3.45. The van der Waals surface area contributed by atoms with Crippen LogP contribution in [0.3, 0.4) is 0 Å². The van der Waals surface area contributed by atoms with Crippen LogP contribution in [0.1, 0.15) is 0 Å². The Morgan fingerprint density at radius 2 is 1.75 bits per heavy atom. The van der Waals surface area contributed by atoms with Gasteiger partial charge in [0.2, 0.25) is 0 Å². The van der Waals surface area contributed by atoms with E-state index in [-0.39, 0.29) is 0 Å². The highest BCUT2D eigenvalue weighted by Gasteiger charge is 2.10. The molecule has 0 aliphatic rings. The molecular weight excluding hydrogens is 283 g/mol. The SMILES string of the molecule is COc1cc(Nc2cc(N)cc(F)c2)c(OC)cc1Cl. The first kappa shape index (κ1) is 14.3. The van der Waals surface area contributed by atoms with Crippen LogP contribution >= 0.6 is 11.6 Å². The molecule has 20 heavy (non-hydrogen) atoms. The van der Waals surface area contributed by atoms with Crippen molar-refractivity contribution in [1.29, 1.82) is 0 Å². The maximum absolute atomic E-state index is 13.3. The van der Waals surface area contributed by atoms with Gasteiger partial charge in [-0.2, -0.15) is 0 Å². The Labute approximate surface area is 121 Å². The number of anilines is 3. The van der Waals surface area contributed by atoms with Crippen LogP contribution in [0.2, 0.25) is 5.02 Å². The molecule has 6 heteroatoms. The molecule has 0 fully saturated rings. The normalized spacial score (nSPS) is 10.2. The molecule has 0 aliphatic heterocycles. The smallest absolute Gasteiger partial charge is 0.144 e. The third-order valence-electron chi connectivity index (χ3n) is 2.67. The second kappa shape index (κ2) is 5.88. The maximum Gasteiger partial charge on any atom is 0.144 e. The van der Waals surface area contributed by atoms with Gasteiger partial charge in [0.1, 0.15) is 17.3 Å². The lowest BCUT2D eigenvalue weighted by molar-refractivity contribution is 0.405. The summed E-state index contributed by atoms with van der Waals surface area (Å²) in [6.45, 7) is 0. The fraction of sp³-hybridized carbons (Fsp3) is 0.143. The standard InChI is InChI=1S/C14H14ClFN2O2/c1-19-13-7-12(14(20-2)6-11(13)15)18-10-4-8(16)3-9(17)5-10/h3-7,18H,17H2,1-2H3. The number of hydrogen-bond donors (Lipinski definition) is 2. The predicted octanol–water partition coefficient (Wildman–Crippen LogP) is 3.82. The number of halogens is 2. The van der Waals surface area contributed by atoms with Crippen molar-refractivity contribution in [2.24, 2.45) is 0 Å². The first-order valence-corrected chi connectivity index (χ1v) is 6.16. The highest BCUT2D eigenvalue weighted by molar-refractivity contribution is 6.32. The zero-order chi connectivity index (χ0) is 14.7. The molecule has 3 N–H and O–H groups in total. The van der Waals surface area contributed by atoms with Crippen LogP contribution in [0, 0.1) is 5.82 Å². The molecule has 2 aromatic carbocycles. The van der Waals surface area contributed by atoms with Gasteiger partial charge >= 0.3 is 0 Å². The van der Waals surface area contributed by atoms with Gasteiger partial charge in [-0.05, 0) is 18.2 Å². The first-order valence-electron chi connectivity index (χ1n) is 5.78. The summed E-state index contributed by atoms with van der Waals surface area (Å²) in [6, 6.07) is 7.47. The number of nitrogens with two attached hydrogens (primary N) is 1. The van der Waals surface area contributed by atoms with Crippen molar-refractivity contribution >= 4 is 28.7 Å². The molecule has 4 nitrogen and oxygen atoms in total. The molecule has 0 spiro atoms. The van der Waals surface area contributed by atoms with Crippen molar-refractivity contribution in [3.05, 3.63) is 41.2 Å².